The van der Waals surface area contributed by atoms with Gasteiger partial charge < -0.3 is 4.74 Å². The molecule has 2 unspecified atom stereocenters. The van der Waals surface area contributed by atoms with Crippen LogP contribution in [0.1, 0.15) is 12.5 Å². The summed E-state index contributed by atoms with van der Waals surface area (Å²) in [7, 11) is 0. The number of hydrogen-bond donors (Lipinski definition) is 0. The van der Waals surface area contributed by atoms with E-state index in [1.165, 1.54) is 6.07 Å². The third-order valence-electron chi connectivity index (χ3n) is 2.98. The maximum absolute atomic E-state index is 13.7. The van der Waals surface area contributed by atoms with Gasteiger partial charge in [0.1, 0.15) is 5.82 Å². The zero-order valence-electron chi connectivity index (χ0n) is 10.2. The molecule has 18 heavy (non-hydrogen) atoms. The molecule has 2 atom stereocenters. The highest BCUT2D eigenvalue weighted by atomic mass is 35.5. The van der Waals surface area contributed by atoms with Crippen molar-refractivity contribution in [1.29, 1.82) is 0 Å². The van der Waals surface area contributed by atoms with Crippen LogP contribution in [-0.4, -0.2) is 36.1 Å². The van der Waals surface area contributed by atoms with E-state index < -0.39 is 0 Å². The fourth-order valence-electron chi connectivity index (χ4n) is 2.26. The largest absolute Gasteiger partial charge is 0.371 e. The average molecular weight is 292 g/mol. The van der Waals surface area contributed by atoms with Crippen LogP contribution in [0.3, 0.4) is 0 Å². The van der Waals surface area contributed by atoms with Gasteiger partial charge in [0.2, 0.25) is 0 Å². The first kappa shape index (κ1) is 14.1. The fourth-order valence-corrected chi connectivity index (χ4v) is 2.63. The summed E-state index contributed by atoms with van der Waals surface area (Å²) in [6.07, 6.45) is 0.127. The summed E-state index contributed by atoms with van der Waals surface area (Å²) in [4.78, 5) is 2.15. The second-order valence-corrected chi connectivity index (χ2v) is 5.40. The summed E-state index contributed by atoms with van der Waals surface area (Å²) < 4.78 is 19.3. The highest BCUT2D eigenvalue weighted by Crippen LogP contribution is 2.19. The van der Waals surface area contributed by atoms with Gasteiger partial charge in [-0.3, -0.25) is 4.90 Å². The first-order valence-corrected chi connectivity index (χ1v) is 6.87. The minimum Gasteiger partial charge on any atom is -0.371 e. The van der Waals surface area contributed by atoms with E-state index in [0.717, 1.165) is 13.1 Å². The first-order chi connectivity index (χ1) is 8.58. The average Bonchev–Trinajstić information content (AvgIpc) is 2.33. The fraction of sp³-hybridized carbons (Fsp3) is 0.538. The van der Waals surface area contributed by atoms with E-state index in [0.29, 0.717) is 23.0 Å². The van der Waals surface area contributed by atoms with Crippen molar-refractivity contribution in [2.24, 2.45) is 0 Å². The minimum absolute atomic E-state index is 0.0117. The molecule has 5 heteroatoms. The Morgan fingerprint density at radius 3 is 2.94 bits per heavy atom. The summed E-state index contributed by atoms with van der Waals surface area (Å²) in [5.74, 6) is 0.236. The number of hydrogen-bond acceptors (Lipinski definition) is 2. The Labute approximate surface area is 117 Å². The van der Waals surface area contributed by atoms with Crippen molar-refractivity contribution in [3.8, 4) is 0 Å². The molecule has 0 spiro atoms. The number of morpholine rings is 1. The highest BCUT2D eigenvalue weighted by Gasteiger charge is 2.25. The molecule has 1 fully saturated rings. The summed E-state index contributed by atoms with van der Waals surface area (Å²) in [5, 5.41) is 0.557. The second-order valence-electron chi connectivity index (χ2n) is 4.65. The standard InChI is InChI=1S/C13H16Cl2FNO/c1-9-6-17(8-12(5-14)18-9)7-10-4-11(15)2-3-13(10)16/h2-4,9,12H,5-8H2,1H3. The van der Waals surface area contributed by atoms with E-state index in [-0.39, 0.29) is 18.0 Å². The van der Waals surface area contributed by atoms with Gasteiger partial charge in [0.25, 0.3) is 0 Å². The molecule has 1 aromatic carbocycles. The van der Waals surface area contributed by atoms with Crippen molar-refractivity contribution in [3.05, 3.63) is 34.6 Å². The molecule has 0 aliphatic carbocycles. The third-order valence-corrected chi connectivity index (χ3v) is 3.56. The quantitative estimate of drug-likeness (QED) is 0.793. The lowest BCUT2D eigenvalue weighted by Gasteiger charge is -2.36. The number of rotatable bonds is 3. The molecule has 100 valence electrons. The number of ether oxygens (including phenoxy) is 1. The predicted octanol–water partition coefficient (Wildman–Crippen LogP) is 3.31. The van der Waals surface area contributed by atoms with Crippen LogP contribution in [0, 0.1) is 5.82 Å². The molecule has 1 aromatic rings. The third kappa shape index (κ3) is 3.58. The number of alkyl halides is 1. The summed E-state index contributed by atoms with van der Waals surface area (Å²) in [5.41, 5.74) is 0.616. The Morgan fingerprint density at radius 2 is 2.22 bits per heavy atom. The van der Waals surface area contributed by atoms with Crippen molar-refractivity contribution >= 4 is 23.2 Å². The molecule has 1 aliphatic heterocycles. The molecule has 0 saturated carbocycles. The maximum atomic E-state index is 13.7. The Balaban J connectivity index is 2.06. The van der Waals surface area contributed by atoms with Gasteiger partial charge in [0, 0.05) is 36.1 Å². The molecule has 1 saturated heterocycles. The van der Waals surface area contributed by atoms with Crippen LogP contribution in [0.15, 0.2) is 18.2 Å². The molecular weight excluding hydrogens is 276 g/mol. The molecule has 0 radical (unpaired) electrons. The van der Waals surface area contributed by atoms with Crippen LogP contribution in [0.5, 0.6) is 0 Å². The van der Waals surface area contributed by atoms with Crippen molar-refractivity contribution in [2.75, 3.05) is 19.0 Å². The van der Waals surface area contributed by atoms with Gasteiger partial charge in [-0.25, -0.2) is 4.39 Å². The van der Waals surface area contributed by atoms with Crippen molar-refractivity contribution < 1.29 is 9.13 Å². The summed E-state index contributed by atoms with van der Waals surface area (Å²) in [6.45, 7) is 4.03. The zero-order chi connectivity index (χ0) is 13.1. The van der Waals surface area contributed by atoms with Gasteiger partial charge in [-0.05, 0) is 25.1 Å². The van der Waals surface area contributed by atoms with E-state index in [9.17, 15) is 4.39 Å². The lowest BCUT2D eigenvalue weighted by molar-refractivity contribution is -0.0691. The number of nitrogens with zero attached hydrogens (tertiary/aromatic N) is 1. The van der Waals surface area contributed by atoms with Crippen LogP contribution in [0.2, 0.25) is 5.02 Å². The Kier molecular flexibility index (Phi) is 4.84. The van der Waals surface area contributed by atoms with Gasteiger partial charge in [-0.15, -0.1) is 11.6 Å². The van der Waals surface area contributed by atoms with E-state index in [1.807, 2.05) is 6.92 Å². The molecule has 2 rings (SSSR count). The Morgan fingerprint density at radius 1 is 1.44 bits per heavy atom. The van der Waals surface area contributed by atoms with Crippen molar-refractivity contribution in [2.45, 2.75) is 25.7 Å². The maximum Gasteiger partial charge on any atom is 0.127 e. The minimum atomic E-state index is -0.221. The number of halogens is 3. The summed E-state index contributed by atoms with van der Waals surface area (Å²) in [6, 6.07) is 4.64. The Hall–Kier alpha value is -0.350. The highest BCUT2D eigenvalue weighted by molar-refractivity contribution is 6.30. The normalized spacial score (nSPS) is 25.3. The van der Waals surface area contributed by atoms with Crippen LogP contribution < -0.4 is 0 Å². The molecule has 1 aliphatic rings. The predicted molar refractivity (Wildman–Crippen MR) is 71.7 cm³/mol. The smallest absolute Gasteiger partial charge is 0.127 e. The molecule has 1 heterocycles. The zero-order valence-corrected chi connectivity index (χ0v) is 11.7. The van der Waals surface area contributed by atoms with Crippen LogP contribution in [-0.2, 0) is 11.3 Å². The van der Waals surface area contributed by atoms with Crippen molar-refractivity contribution in [3.63, 3.8) is 0 Å². The first-order valence-electron chi connectivity index (χ1n) is 5.96. The monoisotopic (exact) mass is 291 g/mol. The topological polar surface area (TPSA) is 12.5 Å². The molecule has 2 nitrogen and oxygen atoms in total. The SMILES string of the molecule is CC1CN(Cc2cc(Cl)ccc2F)CC(CCl)O1. The van der Waals surface area contributed by atoms with Gasteiger partial charge in [-0.2, -0.15) is 0 Å². The second kappa shape index (κ2) is 6.20. The van der Waals surface area contributed by atoms with E-state index in [4.69, 9.17) is 27.9 Å². The van der Waals surface area contributed by atoms with Gasteiger partial charge in [0.15, 0.2) is 0 Å². The van der Waals surface area contributed by atoms with Gasteiger partial charge >= 0.3 is 0 Å². The van der Waals surface area contributed by atoms with Crippen LogP contribution >= 0.6 is 23.2 Å². The summed E-state index contributed by atoms with van der Waals surface area (Å²) >= 11 is 11.7. The Bertz CT molecular complexity index is 416. The van der Waals surface area contributed by atoms with Crippen LogP contribution in [0.4, 0.5) is 4.39 Å². The van der Waals surface area contributed by atoms with Crippen LogP contribution in [0.25, 0.3) is 0 Å². The van der Waals surface area contributed by atoms with Gasteiger partial charge in [-0.1, -0.05) is 11.6 Å². The van der Waals surface area contributed by atoms with Gasteiger partial charge in [0.05, 0.1) is 12.2 Å². The van der Waals surface area contributed by atoms with E-state index in [1.54, 1.807) is 12.1 Å². The van der Waals surface area contributed by atoms with E-state index in [2.05, 4.69) is 4.90 Å². The molecule has 0 N–H and O–H groups in total. The van der Waals surface area contributed by atoms with E-state index >= 15 is 0 Å². The molecule has 0 amide bonds. The lowest BCUT2D eigenvalue weighted by atomic mass is 10.1. The number of benzene rings is 1. The molecular formula is C13H16Cl2FNO. The molecule has 0 bridgehead atoms. The lowest BCUT2D eigenvalue weighted by Crippen LogP contribution is -2.46. The van der Waals surface area contributed by atoms with Crippen molar-refractivity contribution in [1.82, 2.24) is 4.90 Å². The molecule has 0 aromatic heterocycles.